The second kappa shape index (κ2) is 5.53. The molecule has 2 rings (SSSR count). The summed E-state index contributed by atoms with van der Waals surface area (Å²) in [7, 11) is 0. The van der Waals surface area contributed by atoms with Crippen LogP contribution in [0.4, 0.5) is 11.9 Å². The molecule has 0 fully saturated rings. The summed E-state index contributed by atoms with van der Waals surface area (Å²) in [4.78, 5) is 18.3. The van der Waals surface area contributed by atoms with E-state index in [9.17, 15) is 0 Å². The van der Waals surface area contributed by atoms with E-state index in [1.165, 1.54) is 6.33 Å². The molecule has 0 amide bonds. The van der Waals surface area contributed by atoms with Crippen LogP contribution < -0.4 is 10.6 Å². The zero-order chi connectivity index (χ0) is 12.1. The summed E-state index contributed by atoms with van der Waals surface area (Å²) in [6.07, 6.45) is 4.14. The number of anilines is 2. The summed E-state index contributed by atoms with van der Waals surface area (Å²) in [5.41, 5.74) is 5.54. The van der Waals surface area contributed by atoms with E-state index in [4.69, 9.17) is 5.73 Å². The first-order valence-electron chi connectivity index (χ1n) is 5.37. The molecule has 2 aromatic heterocycles. The van der Waals surface area contributed by atoms with Crippen LogP contribution in [0.3, 0.4) is 0 Å². The predicted molar refractivity (Wildman–Crippen MR) is 67.9 cm³/mol. The number of likely N-dealkylation sites (N-methyl/N-ethyl adjacent to an activating group) is 1. The minimum absolute atomic E-state index is 0.252. The standard InChI is InChI=1S/C10H14N6S/c1-2-16(5-3-8-12-4-6-17-8)10-14-7-13-9(11)15-10/h4,6-7H,2-3,5H2,1H3,(H2,11,13,14,15). The molecule has 0 bridgehead atoms. The van der Waals surface area contributed by atoms with Crippen molar-refractivity contribution in [3.05, 3.63) is 22.9 Å². The fourth-order valence-electron chi connectivity index (χ4n) is 1.46. The monoisotopic (exact) mass is 250 g/mol. The molecular formula is C10H14N6S. The van der Waals surface area contributed by atoms with Gasteiger partial charge in [0.1, 0.15) is 6.33 Å². The summed E-state index contributed by atoms with van der Waals surface area (Å²) < 4.78 is 0. The van der Waals surface area contributed by atoms with Crippen LogP contribution in [-0.2, 0) is 6.42 Å². The summed E-state index contributed by atoms with van der Waals surface area (Å²) >= 11 is 1.66. The molecule has 0 radical (unpaired) electrons. The van der Waals surface area contributed by atoms with Gasteiger partial charge in [0.25, 0.3) is 0 Å². The van der Waals surface area contributed by atoms with Gasteiger partial charge in [-0.3, -0.25) is 0 Å². The molecule has 6 nitrogen and oxygen atoms in total. The Kier molecular flexibility index (Phi) is 3.81. The van der Waals surface area contributed by atoms with Gasteiger partial charge in [0, 0.05) is 31.1 Å². The van der Waals surface area contributed by atoms with Gasteiger partial charge in [0.15, 0.2) is 0 Å². The zero-order valence-corrected chi connectivity index (χ0v) is 10.4. The maximum atomic E-state index is 5.54. The van der Waals surface area contributed by atoms with Crippen molar-refractivity contribution in [1.29, 1.82) is 0 Å². The van der Waals surface area contributed by atoms with Gasteiger partial charge in [-0.15, -0.1) is 11.3 Å². The van der Waals surface area contributed by atoms with Gasteiger partial charge in [-0.2, -0.15) is 4.98 Å². The highest BCUT2D eigenvalue weighted by Gasteiger charge is 2.08. The van der Waals surface area contributed by atoms with Crippen LogP contribution in [0, 0.1) is 0 Å². The fourth-order valence-corrected chi connectivity index (χ4v) is 2.07. The molecule has 0 aromatic carbocycles. The Balaban J connectivity index is 2.01. The summed E-state index contributed by atoms with van der Waals surface area (Å²) in [5.74, 6) is 0.874. The van der Waals surface area contributed by atoms with Crippen molar-refractivity contribution in [2.45, 2.75) is 13.3 Å². The molecule has 17 heavy (non-hydrogen) atoms. The lowest BCUT2D eigenvalue weighted by molar-refractivity contribution is 0.769. The molecule has 0 saturated heterocycles. The van der Waals surface area contributed by atoms with Crippen LogP contribution in [0.2, 0.25) is 0 Å². The topological polar surface area (TPSA) is 80.8 Å². The van der Waals surface area contributed by atoms with Gasteiger partial charge in [-0.25, -0.2) is 15.0 Å². The van der Waals surface area contributed by atoms with Crippen molar-refractivity contribution in [2.75, 3.05) is 23.7 Å². The predicted octanol–water partition coefficient (Wildman–Crippen LogP) is 0.979. The zero-order valence-electron chi connectivity index (χ0n) is 9.58. The van der Waals surface area contributed by atoms with E-state index in [1.54, 1.807) is 11.3 Å². The van der Waals surface area contributed by atoms with E-state index >= 15 is 0 Å². The first-order valence-corrected chi connectivity index (χ1v) is 6.25. The van der Waals surface area contributed by atoms with Gasteiger partial charge < -0.3 is 10.6 Å². The molecule has 0 aliphatic carbocycles. The van der Waals surface area contributed by atoms with E-state index < -0.39 is 0 Å². The molecule has 0 saturated carbocycles. The second-order valence-corrected chi connectivity index (χ2v) is 4.38. The number of nitrogen functional groups attached to an aromatic ring is 1. The van der Waals surface area contributed by atoms with Gasteiger partial charge in [-0.05, 0) is 6.92 Å². The van der Waals surface area contributed by atoms with Gasteiger partial charge in [-0.1, -0.05) is 0 Å². The molecule has 0 spiro atoms. The molecule has 90 valence electrons. The van der Waals surface area contributed by atoms with Crippen LogP contribution in [0.15, 0.2) is 17.9 Å². The van der Waals surface area contributed by atoms with Crippen LogP contribution in [0.5, 0.6) is 0 Å². The Morgan fingerprint density at radius 3 is 2.88 bits per heavy atom. The maximum Gasteiger partial charge on any atom is 0.230 e. The van der Waals surface area contributed by atoms with Crippen LogP contribution in [-0.4, -0.2) is 33.0 Å². The molecule has 0 atom stereocenters. The fraction of sp³-hybridized carbons (Fsp3) is 0.400. The summed E-state index contributed by atoms with van der Waals surface area (Å²) in [6.45, 7) is 3.71. The Bertz CT molecular complexity index is 458. The van der Waals surface area contributed by atoms with Crippen LogP contribution >= 0.6 is 11.3 Å². The van der Waals surface area contributed by atoms with E-state index in [0.717, 1.165) is 24.5 Å². The lowest BCUT2D eigenvalue weighted by atomic mass is 10.4. The number of hydrogen-bond donors (Lipinski definition) is 1. The Morgan fingerprint density at radius 1 is 1.35 bits per heavy atom. The summed E-state index contributed by atoms with van der Waals surface area (Å²) in [6, 6.07) is 0. The first-order chi connectivity index (χ1) is 8.29. The quantitative estimate of drug-likeness (QED) is 0.852. The highest BCUT2D eigenvalue weighted by molar-refractivity contribution is 7.09. The molecular weight excluding hydrogens is 236 g/mol. The van der Waals surface area contributed by atoms with Crippen molar-refractivity contribution in [3.8, 4) is 0 Å². The van der Waals surface area contributed by atoms with Gasteiger partial charge in [0.2, 0.25) is 11.9 Å². The van der Waals surface area contributed by atoms with Gasteiger partial charge in [0.05, 0.1) is 5.01 Å². The molecule has 0 unspecified atom stereocenters. The van der Waals surface area contributed by atoms with E-state index in [-0.39, 0.29) is 5.95 Å². The van der Waals surface area contributed by atoms with E-state index in [2.05, 4.69) is 31.8 Å². The first kappa shape index (κ1) is 11.7. The lowest BCUT2D eigenvalue weighted by Crippen LogP contribution is -2.27. The second-order valence-electron chi connectivity index (χ2n) is 3.40. The van der Waals surface area contributed by atoms with Gasteiger partial charge >= 0.3 is 0 Å². The Hall–Kier alpha value is -1.76. The van der Waals surface area contributed by atoms with E-state index in [0.29, 0.717) is 5.95 Å². The maximum absolute atomic E-state index is 5.54. The van der Waals surface area contributed by atoms with Crippen LogP contribution in [0.25, 0.3) is 0 Å². The Morgan fingerprint density at radius 2 is 2.24 bits per heavy atom. The number of rotatable bonds is 5. The molecule has 2 aromatic rings. The number of hydrogen-bond acceptors (Lipinski definition) is 7. The minimum Gasteiger partial charge on any atom is -0.368 e. The Labute approximate surface area is 104 Å². The average molecular weight is 250 g/mol. The SMILES string of the molecule is CCN(CCc1nccs1)c1ncnc(N)n1. The summed E-state index contributed by atoms with van der Waals surface area (Å²) in [5, 5.41) is 3.09. The largest absolute Gasteiger partial charge is 0.368 e. The van der Waals surface area contributed by atoms with Crippen molar-refractivity contribution in [2.24, 2.45) is 0 Å². The number of nitrogens with two attached hydrogens (primary N) is 1. The highest BCUT2D eigenvalue weighted by atomic mass is 32.1. The number of nitrogens with zero attached hydrogens (tertiary/aromatic N) is 5. The smallest absolute Gasteiger partial charge is 0.230 e. The normalized spacial score (nSPS) is 10.4. The number of thiazole rings is 1. The minimum atomic E-state index is 0.252. The third-order valence-electron chi connectivity index (χ3n) is 2.32. The third-order valence-corrected chi connectivity index (χ3v) is 3.16. The van der Waals surface area contributed by atoms with Crippen molar-refractivity contribution < 1.29 is 0 Å². The molecule has 7 heteroatoms. The molecule has 2 N–H and O–H groups in total. The molecule has 2 heterocycles. The van der Waals surface area contributed by atoms with Crippen molar-refractivity contribution in [3.63, 3.8) is 0 Å². The van der Waals surface area contributed by atoms with Crippen LogP contribution in [0.1, 0.15) is 11.9 Å². The number of aromatic nitrogens is 4. The highest BCUT2D eigenvalue weighted by Crippen LogP contribution is 2.10. The molecule has 0 aliphatic rings. The van der Waals surface area contributed by atoms with E-state index in [1.807, 2.05) is 11.6 Å². The average Bonchev–Trinajstić information content (AvgIpc) is 2.83. The van der Waals surface area contributed by atoms with Crippen molar-refractivity contribution in [1.82, 2.24) is 19.9 Å². The lowest BCUT2D eigenvalue weighted by Gasteiger charge is -2.19. The molecule has 0 aliphatic heterocycles. The van der Waals surface area contributed by atoms with Crippen molar-refractivity contribution >= 4 is 23.2 Å². The third kappa shape index (κ3) is 3.10.